The summed E-state index contributed by atoms with van der Waals surface area (Å²) in [5, 5.41) is 2.59. The van der Waals surface area contributed by atoms with Gasteiger partial charge in [0.05, 0.1) is 0 Å². The Labute approximate surface area is 123 Å². The fourth-order valence-corrected chi connectivity index (χ4v) is 2.01. The van der Waals surface area contributed by atoms with Gasteiger partial charge in [0.2, 0.25) is 0 Å². The summed E-state index contributed by atoms with van der Waals surface area (Å²) in [5.41, 5.74) is 0.233. The molecule has 0 aliphatic carbocycles. The molecule has 0 saturated heterocycles. The number of hydrogen-bond donors (Lipinski definition) is 1. The molecule has 3 nitrogen and oxygen atoms in total. The van der Waals surface area contributed by atoms with Gasteiger partial charge >= 0.3 is 0 Å². The van der Waals surface area contributed by atoms with Gasteiger partial charge in [-0.05, 0) is 30.3 Å². The Balaban J connectivity index is 2.10. The van der Waals surface area contributed by atoms with Crippen molar-refractivity contribution in [3.63, 3.8) is 0 Å². The molecule has 0 spiro atoms. The van der Waals surface area contributed by atoms with Crippen LogP contribution in [0.25, 0.3) is 0 Å². The van der Waals surface area contributed by atoms with Crippen LogP contribution in [0.15, 0.2) is 30.3 Å². The predicted octanol–water partition coefficient (Wildman–Crippen LogP) is 3.60. The Morgan fingerprint density at radius 3 is 2.45 bits per heavy atom. The van der Waals surface area contributed by atoms with Crippen molar-refractivity contribution in [2.45, 2.75) is 6.54 Å². The first-order valence-corrected chi connectivity index (χ1v) is 6.26. The minimum atomic E-state index is -0.600. The zero-order valence-electron chi connectivity index (χ0n) is 9.96. The number of carbonyl (C=O) groups is 1. The molecule has 2 rings (SSSR count). The van der Waals surface area contributed by atoms with Crippen molar-refractivity contribution in [1.29, 1.82) is 0 Å². The number of nitrogens with zero attached hydrogens (tertiary/aromatic N) is 1. The lowest BCUT2D eigenvalue weighted by atomic mass is 10.2. The number of benzene rings is 1. The molecule has 1 amide bonds. The van der Waals surface area contributed by atoms with Crippen LogP contribution in [0.1, 0.15) is 15.9 Å². The maximum absolute atomic E-state index is 13.4. The second-order valence-corrected chi connectivity index (χ2v) is 4.69. The van der Waals surface area contributed by atoms with Gasteiger partial charge in [-0.15, -0.1) is 0 Å². The number of rotatable bonds is 3. The van der Waals surface area contributed by atoms with Gasteiger partial charge < -0.3 is 5.32 Å². The highest BCUT2D eigenvalue weighted by molar-refractivity contribution is 6.33. The van der Waals surface area contributed by atoms with Crippen LogP contribution in [-0.4, -0.2) is 10.9 Å². The number of nitrogens with one attached hydrogen (secondary N) is 1. The molecular weight excluding hydrogens is 309 g/mol. The third kappa shape index (κ3) is 3.65. The van der Waals surface area contributed by atoms with Gasteiger partial charge in [-0.3, -0.25) is 4.79 Å². The summed E-state index contributed by atoms with van der Waals surface area (Å²) in [4.78, 5) is 15.5. The smallest absolute Gasteiger partial charge is 0.251 e. The number of aromatic nitrogens is 1. The third-order valence-corrected chi connectivity index (χ3v) is 2.86. The predicted molar refractivity (Wildman–Crippen MR) is 71.8 cm³/mol. The maximum Gasteiger partial charge on any atom is 0.251 e. The fourth-order valence-electron chi connectivity index (χ4n) is 1.55. The monoisotopic (exact) mass is 316 g/mol. The van der Waals surface area contributed by atoms with E-state index < -0.39 is 17.5 Å². The Kier molecular flexibility index (Phi) is 4.52. The standard InChI is InChI=1S/C13H8Cl2F2N2O/c14-11-4-7(5-12(15)19-11)13(20)18-6-8-3-9(16)1-2-10(8)17/h1-5H,6H2,(H,18,20). The minimum Gasteiger partial charge on any atom is -0.348 e. The number of amides is 1. The average molecular weight is 317 g/mol. The maximum atomic E-state index is 13.4. The van der Waals surface area contributed by atoms with Crippen LogP contribution >= 0.6 is 23.2 Å². The molecular formula is C13H8Cl2F2N2O. The molecule has 1 heterocycles. The molecule has 2 aromatic rings. The fraction of sp³-hybridized carbons (Fsp3) is 0.0769. The second-order valence-electron chi connectivity index (χ2n) is 3.92. The van der Waals surface area contributed by atoms with E-state index in [9.17, 15) is 13.6 Å². The van der Waals surface area contributed by atoms with Crippen molar-refractivity contribution >= 4 is 29.1 Å². The van der Waals surface area contributed by atoms with Gasteiger partial charge in [0.1, 0.15) is 21.9 Å². The molecule has 20 heavy (non-hydrogen) atoms. The lowest BCUT2D eigenvalue weighted by Gasteiger charge is -2.07. The van der Waals surface area contributed by atoms with E-state index in [0.29, 0.717) is 0 Å². The lowest BCUT2D eigenvalue weighted by molar-refractivity contribution is 0.0950. The molecule has 0 aliphatic rings. The topological polar surface area (TPSA) is 42.0 Å². The SMILES string of the molecule is O=C(NCc1cc(F)ccc1F)c1cc(Cl)nc(Cl)c1. The van der Waals surface area contributed by atoms with Gasteiger partial charge in [0, 0.05) is 17.7 Å². The van der Waals surface area contributed by atoms with Gasteiger partial charge in [-0.2, -0.15) is 0 Å². The van der Waals surface area contributed by atoms with E-state index in [2.05, 4.69) is 10.3 Å². The highest BCUT2D eigenvalue weighted by Crippen LogP contribution is 2.15. The first kappa shape index (κ1) is 14.7. The zero-order chi connectivity index (χ0) is 14.7. The van der Waals surface area contributed by atoms with Crippen LogP contribution in [-0.2, 0) is 6.54 Å². The first-order chi connectivity index (χ1) is 9.45. The summed E-state index contributed by atoms with van der Waals surface area (Å²) in [6, 6.07) is 5.66. The van der Waals surface area contributed by atoms with Crippen LogP contribution in [0.4, 0.5) is 8.78 Å². The van der Waals surface area contributed by atoms with E-state index >= 15 is 0 Å². The Bertz CT molecular complexity index is 645. The number of halogens is 4. The molecule has 0 bridgehead atoms. The highest BCUT2D eigenvalue weighted by atomic mass is 35.5. The van der Waals surface area contributed by atoms with Crippen LogP contribution in [0.5, 0.6) is 0 Å². The molecule has 0 radical (unpaired) electrons. The molecule has 0 aliphatic heterocycles. The molecule has 104 valence electrons. The summed E-state index contributed by atoms with van der Waals surface area (Å²) in [6.07, 6.45) is 0. The summed E-state index contributed by atoms with van der Waals surface area (Å²) in [6.45, 7) is -0.153. The molecule has 0 saturated carbocycles. The molecule has 0 atom stereocenters. The van der Waals surface area contributed by atoms with Crippen LogP contribution in [0.3, 0.4) is 0 Å². The normalized spacial score (nSPS) is 10.4. The van der Waals surface area contributed by atoms with Crippen LogP contribution in [0, 0.1) is 11.6 Å². The van der Waals surface area contributed by atoms with Gasteiger partial charge in [0.15, 0.2) is 0 Å². The van der Waals surface area contributed by atoms with E-state index in [1.807, 2.05) is 0 Å². The van der Waals surface area contributed by atoms with Gasteiger partial charge in [-0.1, -0.05) is 23.2 Å². The molecule has 0 fully saturated rings. The molecule has 7 heteroatoms. The molecule has 0 unspecified atom stereocenters. The van der Waals surface area contributed by atoms with Crippen molar-refractivity contribution < 1.29 is 13.6 Å². The van der Waals surface area contributed by atoms with Crippen molar-refractivity contribution in [3.8, 4) is 0 Å². The van der Waals surface area contributed by atoms with Crippen molar-refractivity contribution in [3.05, 3.63) is 63.4 Å². The molecule has 1 aromatic heterocycles. The molecule has 1 N–H and O–H groups in total. The highest BCUT2D eigenvalue weighted by Gasteiger charge is 2.10. The van der Waals surface area contributed by atoms with Crippen LogP contribution in [0.2, 0.25) is 10.3 Å². The lowest BCUT2D eigenvalue weighted by Crippen LogP contribution is -2.23. The second kappa shape index (κ2) is 6.15. The van der Waals surface area contributed by atoms with E-state index in [0.717, 1.165) is 18.2 Å². The van der Waals surface area contributed by atoms with E-state index in [-0.39, 0.29) is 28.0 Å². The Morgan fingerprint density at radius 1 is 1.15 bits per heavy atom. The van der Waals surface area contributed by atoms with Gasteiger partial charge in [0.25, 0.3) is 5.91 Å². The quantitative estimate of drug-likeness (QED) is 0.879. The van der Waals surface area contributed by atoms with Crippen molar-refractivity contribution in [2.24, 2.45) is 0 Å². The van der Waals surface area contributed by atoms with Gasteiger partial charge in [-0.25, -0.2) is 13.8 Å². The summed E-state index contributed by atoms with van der Waals surface area (Å²) < 4.78 is 26.4. The molecule has 1 aromatic carbocycles. The summed E-state index contributed by atoms with van der Waals surface area (Å²) in [7, 11) is 0. The average Bonchev–Trinajstić information content (AvgIpc) is 2.38. The zero-order valence-corrected chi connectivity index (χ0v) is 11.5. The minimum absolute atomic E-state index is 0.0459. The van der Waals surface area contributed by atoms with Crippen molar-refractivity contribution in [2.75, 3.05) is 0 Å². The number of pyridine rings is 1. The van der Waals surface area contributed by atoms with E-state index in [4.69, 9.17) is 23.2 Å². The largest absolute Gasteiger partial charge is 0.348 e. The van der Waals surface area contributed by atoms with E-state index in [1.165, 1.54) is 12.1 Å². The third-order valence-electron chi connectivity index (χ3n) is 2.47. The summed E-state index contributed by atoms with van der Waals surface area (Å²) in [5.74, 6) is -1.69. The van der Waals surface area contributed by atoms with E-state index in [1.54, 1.807) is 0 Å². The Hall–Kier alpha value is -1.72. The number of carbonyl (C=O) groups excluding carboxylic acids is 1. The summed E-state index contributed by atoms with van der Waals surface area (Å²) >= 11 is 11.3. The van der Waals surface area contributed by atoms with Crippen molar-refractivity contribution in [1.82, 2.24) is 10.3 Å². The van der Waals surface area contributed by atoms with Crippen LogP contribution < -0.4 is 5.32 Å². The first-order valence-electron chi connectivity index (χ1n) is 5.51. The number of hydrogen-bond acceptors (Lipinski definition) is 2. The Morgan fingerprint density at radius 2 is 1.80 bits per heavy atom.